The minimum absolute atomic E-state index is 0. The van der Waals surface area contributed by atoms with Gasteiger partial charge in [0.05, 0.1) is 7.11 Å². The highest BCUT2D eigenvalue weighted by Gasteiger charge is 2.29. The maximum Gasteiger partial charge on any atom is 0.124 e. The van der Waals surface area contributed by atoms with Crippen molar-refractivity contribution in [2.45, 2.75) is 32.7 Å². The van der Waals surface area contributed by atoms with E-state index in [1.165, 1.54) is 29.5 Å². The molecule has 16 heavy (non-hydrogen) atoms. The Morgan fingerprint density at radius 1 is 1.25 bits per heavy atom. The molecule has 2 rings (SSSR count). The molecule has 0 radical (unpaired) electrons. The van der Waals surface area contributed by atoms with Crippen LogP contribution in [0, 0.1) is 19.8 Å². The summed E-state index contributed by atoms with van der Waals surface area (Å²) < 4.78 is 5.35. The summed E-state index contributed by atoms with van der Waals surface area (Å²) in [5.41, 5.74) is 9.81. The molecule has 1 atom stereocenters. The lowest BCUT2D eigenvalue weighted by molar-refractivity contribution is 0.408. The Morgan fingerprint density at radius 2 is 1.75 bits per heavy atom. The standard InChI is InChI=1S/C13H19NO.ClH/c1-8-6-11(12(14)10-4-5-10)7-9(2)13(8)15-3;/h6-7,10,12H,4-5,14H2,1-3H3;1H/t12-;/m1./s1. The molecule has 1 aliphatic carbocycles. The molecule has 0 saturated heterocycles. The first-order chi connectivity index (χ1) is 7.13. The SMILES string of the molecule is COc1c(C)cc([C@H](N)C2CC2)cc1C.Cl. The second kappa shape index (κ2) is 5.07. The molecule has 2 nitrogen and oxygen atoms in total. The molecule has 1 fully saturated rings. The first-order valence-corrected chi connectivity index (χ1v) is 5.54. The molecule has 0 aromatic heterocycles. The second-order valence-corrected chi connectivity index (χ2v) is 4.55. The van der Waals surface area contributed by atoms with Crippen molar-refractivity contribution in [3.05, 3.63) is 28.8 Å². The third-order valence-electron chi connectivity index (χ3n) is 3.20. The number of aryl methyl sites for hydroxylation is 2. The highest BCUT2D eigenvalue weighted by Crippen LogP contribution is 2.40. The summed E-state index contributed by atoms with van der Waals surface area (Å²) in [4.78, 5) is 0. The van der Waals surface area contributed by atoms with Gasteiger partial charge in [0.25, 0.3) is 0 Å². The Balaban J connectivity index is 0.00000128. The van der Waals surface area contributed by atoms with Crippen LogP contribution in [0.3, 0.4) is 0 Å². The monoisotopic (exact) mass is 241 g/mol. The zero-order valence-electron chi connectivity index (χ0n) is 10.1. The second-order valence-electron chi connectivity index (χ2n) is 4.55. The predicted octanol–water partition coefficient (Wildman–Crippen LogP) is 3.14. The number of ether oxygens (including phenoxy) is 1. The minimum atomic E-state index is 0. The molecule has 1 aromatic rings. The van der Waals surface area contributed by atoms with Crippen molar-refractivity contribution in [2.75, 3.05) is 7.11 Å². The average molecular weight is 242 g/mol. The van der Waals surface area contributed by atoms with E-state index in [1.54, 1.807) is 7.11 Å². The van der Waals surface area contributed by atoms with Crippen LogP contribution in [0.1, 0.15) is 35.6 Å². The van der Waals surface area contributed by atoms with Gasteiger partial charge in [-0.25, -0.2) is 0 Å². The number of halogens is 1. The summed E-state index contributed by atoms with van der Waals surface area (Å²) >= 11 is 0. The van der Waals surface area contributed by atoms with Crippen molar-refractivity contribution in [3.8, 4) is 5.75 Å². The van der Waals surface area contributed by atoms with Crippen LogP contribution in [0.2, 0.25) is 0 Å². The van der Waals surface area contributed by atoms with Gasteiger partial charge in [-0.1, -0.05) is 12.1 Å². The lowest BCUT2D eigenvalue weighted by atomic mass is 9.98. The fourth-order valence-corrected chi connectivity index (χ4v) is 2.23. The third-order valence-corrected chi connectivity index (χ3v) is 3.20. The molecule has 1 aromatic carbocycles. The molecule has 3 heteroatoms. The number of nitrogens with two attached hydrogens (primary N) is 1. The fourth-order valence-electron chi connectivity index (χ4n) is 2.23. The van der Waals surface area contributed by atoms with Gasteiger partial charge in [0.1, 0.15) is 5.75 Å². The summed E-state index contributed by atoms with van der Waals surface area (Å²) in [7, 11) is 1.72. The summed E-state index contributed by atoms with van der Waals surface area (Å²) in [5, 5.41) is 0. The van der Waals surface area contributed by atoms with Crippen molar-refractivity contribution in [1.29, 1.82) is 0 Å². The molecule has 1 saturated carbocycles. The van der Waals surface area contributed by atoms with Crippen molar-refractivity contribution in [2.24, 2.45) is 11.7 Å². The van der Waals surface area contributed by atoms with Crippen molar-refractivity contribution >= 4 is 12.4 Å². The Bertz CT molecular complexity index is 351. The van der Waals surface area contributed by atoms with Crippen LogP contribution in [-0.2, 0) is 0 Å². The number of benzene rings is 1. The van der Waals surface area contributed by atoms with E-state index in [-0.39, 0.29) is 18.4 Å². The summed E-state index contributed by atoms with van der Waals surface area (Å²) in [5.74, 6) is 1.69. The van der Waals surface area contributed by atoms with E-state index in [1.807, 2.05) is 0 Å². The van der Waals surface area contributed by atoms with Gasteiger partial charge >= 0.3 is 0 Å². The van der Waals surface area contributed by atoms with E-state index in [0.29, 0.717) is 5.92 Å². The molecule has 0 spiro atoms. The number of hydrogen-bond acceptors (Lipinski definition) is 2. The zero-order valence-corrected chi connectivity index (χ0v) is 10.9. The van der Waals surface area contributed by atoms with Crippen LogP contribution >= 0.6 is 12.4 Å². The molecular formula is C13H20ClNO. The largest absolute Gasteiger partial charge is 0.496 e. The van der Waals surface area contributed by atoms with E-state index in [4.69, 9.17) is 10.5 Å². The molecule has 0 unspecified atom stereocenters. The fraction of sp³-hybridized carbons (Fsp3) is 0.538. The summed E-state index contributed by atoms with van der Waals surface area (Å²) in [6.07, 6.45) is 2.57. The Kier molecular flexibility index (Phi) is 4.22. The molecule has 90 valence electrons. The van der Waals surface area contributed by atoms with Crippen molar-refractivity contribution in [1.82, 2.24) is 0 Å². The maximum absolute atomic E-state index is 6.19. The smallest absolute Gasteiger partial charge is 0.124 e. The zero-order chi connectivity index (χ0) is 11.0. The van der Waals surface area contributed by atoms with E-state index >= 15 is 0 Å². The van der Waals surface area contributed by atoms with Crippen LogP contribution in [0.15, 0.2) is 12.1 Å². The molecule has 0 aliphatic heterocycles. The van der Waals surface area contributed by atoms with Gasteiger partial charge < -0.3 is 10.5 Å². The topological polar surface area (TPSA) is 35.2 Å². The van der Waals surface area contributed by atoms with Gasteiger partial charge in [-0.15, -0.1) is 12.4 Å². The number of rotatable bonds is 3. The Hall–Kier alpha value is -0.730. The summed E-state index contributed by atoms with van der Waals surface area (Å²) in [6, 6.07) is 4.54. The number of hydrogen-bond donors (Lipinski definition) is 1. The third kappa shape index (κ3) is 2.50. The average Bonchev–Trinajstić information content (AvgIpc) is 2.99. The highest BCUT2D eigenvalue weighted by atomic mass is 35.5. The lowest BCUT2D eigenvalue weighted by Crippen LogP contribution is -2.13. The van der Waals surface area contributed by atoms with E-state index in [9.17, 15) is 0 Å². The first-order valence-electron chi connectivity index (χ1n) is 5.54. The molecule has 1 aliphatic rings. The van der Waals surface area contributed by atoms with Gasteiger partial charge in [0.2, 0.25) is 0 Å². The molecule has 2 N–H and O–H groups in total. The van der Waals surface area contributed by atoms with Crippen LogP contribution in [0.25, 0.3) is 0 Å². The quantitative estimate of drug-likeness (QED) is 0.883. The van der Waals surface area contributed by atoms with Gasteiger partial charge in [-0.3, -0.25) is 0 Å². The normalized spacial score (nSPS) is 16.5. The molecular weight excluding hydrogens is 222 g/mol. The molecule has 0 heterocycles. The van der Waals surface area contributed by atoms with Gasteiger partial charge in [-0.05, 0) is 49.3 Å². The highest BCUT2D eigenvalue weighted by molar-refractivity contribution is 5.85. The van der Waals surface area contributed by atoms with E-state index in [2.05, 4.69) is 26.0 Å². The van der Waals surface area contributed by atoms with E-state index in [0.717, 1.165) is 5.75 Å². The van der Waals surface area contributed by atoms with Crippen molar-refractivity contribution < 1.29 is 4.74 Å². The van der Waals surface area contributed by atoms with E-state index < -0.39 is 0 Å². The Morgan fingerprint density at radius 3 is 2.12 bits per heavy atom. The minimum Gasteiger partial charge on any atom is -0.496 e. The van der Waals surface area contributed by atoms with Crippen molar-refractivity contribution in [3.63, 3.8) is 0 Å². The maximum atomic E-state index is 6.19. The van der Waals surface area contributed by atoms with Crippen LogP contribution in [0.5, 0.6) is 5.75 Å². The first kappa shape index (κ1) is 13.3. The lowest BCUT2D eigenvalue weighted by Gasteiger charge is -2.15. The van der Waals surface area contributed by atoms with Crippen LogP contribution in [-0.4, -0.2) is 7.11 Å². The van der Waals surface area contributed by atoms with Gasteiger partial charge in [0.15, 0.2) is 0 Å². The van der Waals surface area contributed by atoms with Crippen LogP contribution in [0.4, 0.5) is 0 Å². The van der Waals surface area contributed by atoms with Gasteiger partial charge in [-0.2, -0.15) is 0 Å². The molecule has 0 amide bonds. The number of methoxy groups -OCH3 is 1. The van der Waals surface area contributed by atoms with Gasteiger partial charge in [0, 0.05) is 6.04 Å². The Labute approximate surface area is 104 Å². The van der Waals surface area contributed by atoms with Crippen LogP contribution < -0.4 is 10.5 Å². The predicted molar refractivity (Wildman–Crippen MR) is 69.4 cm³/mol. The molecule has 0 bridgehead atoms. The summed E-state index contributed by atoms with van der Waals surface area (Å²) in [6.45, 7) is 4.16.